The monoisotopic (exact) mass is 270 g/mol. The van der Waals surface area contributed by atoms with E-state index < -0.39 is 11.0 Å². The minimum atomic E-state index is -0.554. The molecular weight excluding hydrogens is 260 g/mol. The van der Waals surface area contributed by atoms with Crippen molar-refractivity contribution in [1.29, 1.82) is 0 Å². The molecule has 1 aromatic rings. The minimum absolute atomic E-state index is 0.0190. The molecule has 0 spiro atoms. The van der Waals surface area contributed by atoms with E-state index >= 15 is 0 Å². The average molecular weight is 271 g/mol. The lowest BCUT2D eigenvalue weighted by molar-refractivity contribution is -0.384. The van der Waals surface area contributed by atoms with Gasteiger partial charge in [-0.3, -0.25) is 14.9 Å². The maximum atomic E-state index is 11.7. The van der Waals surface area contributed by atoms with E-state index in [0.29, 0.717) is 13.0 Å². The smallest absolute Gasteiger partial charge is 0.276 e. The summed E-state index contributed by atoms with van der Waals surface area (Å²) in [5.41, 5.74) is -0.156. The summed E-state index contributed by atoms with van der Waals surface area (Å²) in [5.74, 6) is 0.183. The Kier molecular flexibility index (Phi) is 3.33. The molecule has 0 bridgehead atoms. The van der Waals surface area contributed by atoms with Crippen molar-refractivity contribution in [3.05, 3.63) is 27.4 Å². The van der Waals surface area contributed by atoms with Crippen LogP contribution in [0.3, 0.4) is 0 Å². The molecule has 1 aliphatic heterocycles. The number of hydrogen-bond acceptors (Lipinski definition) is 5. The quantitative estimate of drug-likeness (QED) is 0.508. The molecule has 0 saturated carbocycles. The van der Waals surface area contributed by atoms with Gasteiger partial charge in [-0.05, 0) is 6.42 Å². The average Bonchev–Trinajstić information content (AvgIpc) is 2.60. The molecule has 1 amide bonds. The maximum Gasteiger partial charge on any atom is 0.276 e. The fourth-order valence-electron chi connectivity index (χ4n) is 1.80. The summed E-state index contributed by atoms with van der Waals surface area (Å²) in [4.78, 5) is 27.3. The van der Waals surface area contributed by atoms with Gasteiger partial charge in [-0.15, -0.1) is 0 Å². The number of nitro groups is 1. The Labute approximate surface area is 108 Å². The first-order valence-corrected chi connectivity index (χ1v) is 5.68. The first kappa shape index (κ1) is 12.6. The molecule has 1 atom stereocenters. The predicted molar refractivity (Wildman–Crippen MR) is 65.6 cm³/mol. The van der Waals surface area contributed by atoms with Crippen LogP contribution in [-0.4, -0.2) is 40.3 Å². The number of carbonyl (C=O) groups is 1. The number of amides is 1. The van der Waals surface area contributed by atoms with Gasteiger partial charge in [-0.1, -0.05) is 11.6 Å². The molecule has 1 fully saturated rings. The van der Waals surface area contributed by atoms with E-state index in [1.807, 2.05) is 0 Å². The zero-order valence-electron chi connectivity index (χ0n) is 9.59. The Balaban J connectivity index is 2.19. The fourth-order valence-corrected chi connectivity index (χ4v) is 2.00. The van der Waals surface area contributed by atoms with Crippen molar-refractivity contribution in [2.75, 3.05) is 18.9 Å². The largest absolute Gasteiger partial charge is 0.358 e. The summed E-state index contributed by atoms with van der Waals surface area (Å²) in [7, 11) is 1.71. The highest BCUT2D eigenvalue weighted by atomic mass is 35.5. The summed E-state index contributed by atoms with van der Waals surface area (Å²) in [5, 5.41) is 13.6. The number of nitrogens with one attached hydrogen (secondary N) is 1. The van der Waals surface area contributed by atoms with Crippen LogP contribution in [0.2, 0.25) is 5.15 Å². The molecule has 1 aliphatic rings. The number of nitrogens with zero attached hydrogens (tertiary/aromatic N) is 3. The van der Waals surface area contributed by atoms with Crippen LogP contribution < -0.4 is 5.32 Å². The highest BCUT2D eigenvalue weighted by Gasteiger charge is 2.29. The zero-order chi connectivity index (χ0) is 13.3. The van der Waals surface area contributed by atoms with Gasteiger partial charge in [0.1, 0.15) is 17.0 Å². The third-order valence-electron chi connectivity index (χ3n) is 2.74. The van der Waals surface area contributed by atoms with Crippen molar-refractivity contribution < 1.29 is 9.72 Å². The third-order valence-corrected chi connectivity index (χ3v) is 2.93. The highest BCUT2D eigenvalue weighted by molar-refractivity contribution is 6.29. The number of hydrogen-bond donors (Lipinski definition) is 1. The Morgan fingerprint density at radius 3 is 2.89 bits per heavy atom. The van der Waals surface area contributed by atoms with Crippen LogP contribution in [0.1, 0.15) is 6.42 Å². The van der Waals surface area contributed by atoms with E-state index in [1.54, 1.807) is 11.9 Å². The fraction of sp³-hybridized carbons (Fsp3) is 0.400. The van der Waals surface area contributed by atoms with Crippen LogP contribution in [0.15, 0.2) is 12.1 Å². The molecule has 0 aliphatic carbocycles. The van der Waals surface area contributed by atoms with E-state index in [-0.39, 0.29) is 22.6 Å². The van der Waals surface area contributed by atoms with Crippen LogP contribution in [0, 0.1) is 10.1 Å². The summed E-state index contributed by atoms with van der Waals surface area (Å²) in [6.45, 7) is 0.652. The lowest BCUT2D eigenvalue weighted by atomic mass is 10.2. The Morgan fingerprint density at radius 2 is 2.33 bits per heavy atom. The van der Waals surface area contributed by atoms with Crippen molar-refractivity contribution in [2.24, 2.45) is 0 Å². The minimum Gasteiger partial charge on any atom is -0.358 e. The second kappa shape index (κ2) is 4.77. The molecule has 8 heteroatoms. The molecule has 2 rings (SSSR count). The van der Waals surface area contributed by atoms with E-state index in [2.05, 4.69) is 10.3 Å². The maximum absolute atomic E-state index is 11.7. The molecule has 7 nitrogen and oxygen atoms in total. The molecule has 96 valence electrons. The Morgan fingerprint density at radius 1 is 1.61 bits per heavy atom. The van der Waals surface area contributed by atoms with Crippen LogP contribution in [0.4, 0.5) is 11.5 Å². The van der Waals surface area contributed by atoms with Gasteiger partial charge in [0.2, 0.25) is 5.91 Å². The van der Waals surface area contributed by atoms with Gasteiger partial charge in [0.25, 0.3) is 5.69 Å². The van der Waals surface area contributed by atoms with E-state index in [9.17, 15) is 14.9 Å². The van der Waals surface area contributed by atoms with Crippen molar-refractivity contribution in [2.45, 2.75) is 12.5 Å². The molecular formula is C10H11ClN4O3. The van der Waals surface area contributed by atoms with Crippen LogP contribution >= 0.6 is 11.6 Å². The summed E-state index contributed by atoms with van der Waals surface area (Å²) >= 11 is 5.69. The van der Waals surface area contributed by atoms with Crippen LogP contribution in [0.5, 0.6) is 0 Å². The standard InChI is InChI=1S/C10H11ClN4O3/c1-14-3-2-7(10(14)16)12-9-5-6(15(17)18)4-8(11)13-9/h4-5,7H,2-3H2,1H3,(H,12,13). The van der Waals surface area contributed by atoms with Crippen molar-refractivity contribution in [3.63, 3.8) is 0 Å². The zero-order valence-corrected chi connectivity index (χ0v) is 10.3. The van der Waals surface area contributed by atoms with Gasteiger partial charge in [0, 0.05) is 13.6 Å². The van der Waals surface area contributed by atoms with Crippen molar-refractivity contribution >= 4 is 29.0 Å². The normalized spacial score (nSPS) is 19.1. The highest BCUT2D eigenvalue weighted by Crippen LogP contribution is 2.22. The first-order chi connectivity index (χ1) is 8.47. The second-order valence-electron chi connectivity index (χ2n) is 4.04. The van der Waals surface area contributed by atoms with E-state index in [1.165, 1.54) is 6.07 Å². The molecule has 1 unspecified atom stereocenters. The van der Waals surface area contributed by atoms with Gasteiger partial charge in [0.05, 0.1) is 17.1 Å². The van der Waals surface area contributed by atoms with Gasteiger partial charge in [0.15, 0.2) is 0 Å². The number of pyridine rings is 1. The SMILES string of the molecule is CN1CCC(Nc2cc([N+](=O)[O-])cc(Cl)n2)C1=O. The molecule has 18 heavy (non-hydrogen) atoms. The number of anilines is 1. The predicted octanol–water partition coefficient (Wildman–Crippen LogP) is 1.29. The molecule has 1 N–H and O–H groups in total. The summed E-state index contributed by atoms with van der Waals surface area (Å²) in [6, 6.07) is 2.02. The number of halogens is 1. The number of aromatic nitrogens is 1. The number of likely N-dealkylation sites (N-methyl/N-ethyl adjacent to an activating group) is 1. The number of likely N-dealkylation sites (tertiary alicyclic amines) is 1. The first-order valence-electron chi connectivity index (χ1n) is 5.31. The number of rotatable bonds is 3. The third kappa shape index (κ3) is 2.51. The lowest BCUT2D eigenvalue weighted by Gasteiger charge is -2.12. The topological polar surface area (TPSA) is 88.4 Å². The Bertz CT molecular complexity index is 508. The Hall–Kier alpha value is -1.89. The van der Waals surface area contributed by atoms with Crippen molar-refractivity contribution in [3.8, 4) is 0 Å². The van der Waals surface area contributed by atoms with Gasteiger partial charge in [-0.2, -0.15) is 0 Å². The summed E-state index contributed by atoms with van der Waals surface area (Å²) in [6.07, 6.45) is 0.636. The molecule has 2 heterocycles. The van der Waals surface area contributed by atoms with Crippen LogP contribution in [0.25, 0.3) is 0 Å². The molecule has 0 radical (unpaired) electrons. The van der Waals surface area contributed by atoms with E-state index in [0.717, 1.165) is 6.07 Å². The van der Waals surface area contributed by atoms with Gasteiger partial charge < -0.3 is 10.2 Å². The van der Waals surface area contributed by atoms with Crippen LogP contribution in [-0.2, 0) is 4.79 Å². The van der Waals surface area contributed by atoms with Gasteiger partial charge >= 0.3 is 0 Å². The molecule has 1 aromatic heterocycles. The lowest BCUT2D eigenvalue weighted by Crippen LogP contribution is -2.31. The van der Waals surface area contributed by atoms with Gasteiger partial charge in [-0.25, -0.2) is 4.98 Å². The molecule has 0 aromatic carbocycles. The number of carbonyl (C=O) groups excluding carboxylic acids is 1. The van der Waals surface area contributed by atoms with Crippen molar-refractivity contribution in [1.82, 2.24) is 9.88 Å². The molecule has 1 saturated heterocycles. The van der Waals surface area contributed by atoms with E-state index in [4.69, 9.17) is 11.6 Å². The summed E-state index contributed by atoms with van der Waals surface area (Å²) < 4.78 is 0. The second-order valence-corrected chi connectivity index (χ2v) is 4.42.